The zero-order chi connectivity index (χ0) is 10.6. The molecule has 0 saturated carbocycles. The molecule has 0 aromatic heterocycles. The zero-order valence-electron chi connectivity index (χ0n) is 8.49. The molecule has 2 nitrogen and oxygen atoms in total. The van der Waals surface area contributed by atoms with Crippen LogP contribution >= 0.6 is 0 Å². The molecule has 0 aliphatic carbocycles. The van der Waals surface area contributed by atoms with Crippen LogP contribution in [-0.2, 0) is 14.9 Å². The van der Waals surface area contributed by atoms with Crippen LogP contribution in [0.5, 0.6) is 0 Å². The lowest BCUT2D eigenvalue weighted by Crippen LogP contribution is -2.31. The molecule has 1 atom stereocenters. The van der Waals surface area contributed by atoms with Gasteiger partial charge in [0.25, 0.3) is 0 Å². The Labute approximate surface area is 84.2 Å². The van der Waals surface area contributed by atoms with E-state index in [2.05, 4.69) is 6.58 Å². The molecule has 0 aliphatic heterocycles. The van der Waals surface area contributed by atoms with Crippen molar-refractivity contribution in [1.82, 2.24) is 0 Å². The number of benzene rings is 1. The number of methoxy groups -OCH3 is 1. The molecule has 1 aromatic carbocycles. The number of hydrogen-bond donors (Lipinski definition) is 0. The Balaban J connectivity index is 3.14. The summed E-state index contributed by atoms with van der Waals surface area (Å²) >= 11 is 0. The largest absolute Gasteiger partial charge is 0.468 e. The molecule has 14 heavy (non-hydrogen) atoms. The summed E-state index contributed by atoms with van der Waals surface area (Å²) in [6.07, 6.45) is 1.61. The molecule has 0 heterocycles. The van der Waals surface area contributed by atoms with Crippen LogP contribution in [0.25, 0.3) is 0 Å². The minimum atomic E-state index is -0.754. The lowest BCUT2D eigenvalue weighted by Gasteiger charge is -2.22. The molecule has 74 valence electrons. The summed E-state index contributed by atoms with van der Waals surface area (Å²) in [6, 6.07) is 9.46. The van der Waals surface area contributed by atoms with E-state index in [0.29, 0.717) is 0 Å². The van der Waals surface area contributed by atoms with Gasteiger partial charge in [-0.2, -0.15) is 0 Å². The number of esters is 1. The van der Waals surface area contributed by atoms with Gasteiger partial charge in [0.05, 0.1) is 7.11 Å². The number of rotatable bonds is 3. The number of carbonyl (C=O) groups excluding carboxylic acids is 1. The minimum Gasteiger partial charge on any atom is -0.468 e. The highest BCUT2D eigenvalue weighted by molar-refractivity contribution is 5.85. The maximum absolute atomic E-state index is 11.6. The van der Waals surface area contributed by atoms with Crippen LogP contribution in [0.4, 0.5) is 0 Å². The summed E-state index contributed by atoms with van der Waals surface area (Å²) < 4.78 is 4.75. The van der Waals surface area contributed by atoms with E-state index in [1.807, 2.05) is 30.3 Å². The van der Waals surface area contributed by atoms with Crippen molar-refractivity contribution >= 4 is 5.97 Å². The predicted molar refractivity (Wildman–Crippen MR) is 56.0 cm³/mol. The highest BCUT2D eigenvalue weighted by Gasteiger charge is 2.32. The van der Waals surface area contributed by atoms with Crippen molar-refractivity contribution in [3.8, 4) is 0 Å². The van der Waals surface area contributed by atoms with E-state index in [1.54, 1.807) is 13.0 Å². The van der Waals surface area contributed by atoms with E-state index in [-0.39, 0.29) is 5.97 Å². The topological polar surface area (TPSA) is 26.3 Å². The van der Waals surface area contributed by atoms with Crippen molar-refractivity contribution in [3.63, 3.8) is 0 Å². The first kappa shape index (κ1) is 10.5. The lowest BCUT2D eigenvalue weighted by atomic mass is 9.83. The SMILES string of the molecule is C=C[C@](C)(C(=O)OC)c1ccccc1. The van der Waals surface area contributed by atoms with Crippen molar-refractivity contribution in [1.29, 1.82) is 0 Å². The summed E-state index contributed by atoms with van der Waals surface area (Å²) in [7, 11) is 1.38. The van der Waals surface area contributed by atoms with Crippen LogP contribution in [0.2, 0.25) is 0 Å². The number of hydrogen-bond acceptors (Lipinski definition) is 2. The molecule has 2 heteroatoms. The Kier molecular flexibility index (Phi) is 3.07. The van der Waals surface area contributed by atoms with Gasteiger partial charge >= 0.3 is 5.97 Å². The smallest absolute Gasteiger partial charge is 0.319 e. The first-order valence-electron chi connectivity index (χ1n) is 4.42. The van der Waals surface area contributed by atoms with Gasteiger partial charge in [0.2, 0.25) is 0 Å². The summed E-state index contributed by atoms with van der Waals surface area (Å²) in [4.78, 5) is 11.6. The second-order valence-corrected chi connectivity index (χ2v) is 3.26. The molecule has 0 unspecified atom stereocenters. The molecule has 0 amide bonds. The Morgan fingerprint density at radius 1 is 1.43 bits per heavy atom. The highest BCUT2D eigenvalue weighted by atomic mass is 16.5. The van der Waals surface area contributed by atoms with Gasteiger partial charge in [0.1, 0.15) is 5.41 Å². The Bertz CT molecular complexity index is 329. The van der Waals surface area contributed by atoms with Gasteiger partial charge in [-0.15, -0.1) is 6.58 Å². The van der Waals surface area contributed by atoms with Gasteiger partial charge in [-0.05, 0) is 12.5 Å². The van der Waals surface area contributed by atoms with Gasteiger partial charge in [-0.3, -0.25) is 4.79 Å². The fourth-order valence-electron chi connectivity index (χ4n) is 1.32. The summed E-state index contributed by atoms with van der Waals surface area (Å²) in [5.74, 6) is -0.293. The molecule has 1 rings (SSSR count). The summed E-state index contributed by atoms with van der Waals surface area (Å²) in [6.45, 7) is 5.47. The fraction of sp³-hybridized carbons (Fsp3) is 0.250. The van der Waals surface area contributed by atoms with E-state index < -0.39 is 5.41 Å². The second kappa shape index (κ2) is 4.09. The first-order chi connectivity index (χ1) is 6.65. The van der Waals surface area contributed by atoms with Gasteiger partial charge in [-0.1, -0.05) is 36.4 Å². The molecule has 0 N–H and O–H groups in total. The van der Waals surface area contributed by atoms with Gasteiger partial charge < -0.3 is 4.74 Å². The van der Waals surface area contributed by atoms with Crippen LogP contribution in [0.1, 0.15) is 12.5 Å². The van der Waals surface area contributed by atoms with E-state index >= 15 is 0 Å². The lowest BCUT2D eigenvalue weighted by molar-refractivity contribution is -0.145. The van der Waals surface area contributed by atoms with Crippen LogP contribution < -0.4 is 0 Å². The van der Waals surface area contributed by atoms with Crippen molar-refractivity contribution < 1.29 is 9.53 Å². The van der Waals surface area contributed by atoms with Gasteiger partial charge in [0, 0.05) is 0 Å². The Hall–Kier alpha value is -1.57. The normalized spacial score (nSPS) is 14.1. The van der Waals surface area contributed by atoms with Crippen molar-refractivity contribution in [2.75, 3.05) is 7.11 Å². The maximum Gasteiger partial charge on any atom is 0.319 e. The first-order valence-corrected chi connectivity index (χ1v) is 4.42. The molecule has 0 saturated heterocycles. The average molecular weight is 190 g/mol. The average Bonchev–Trinajstić information content (AvgIpc) is 2.28. The molecule has 0 bridgehead atoms. The van der Waals surface area contributed by atoms with E-state index in [9.17, 15) is 4.79 Å². The number of ether oxygens (including phenoxy) is 1. The summed E-state index contributed by atoms with van der Waals surface area (Å²) in [5, 5.41) is 0. The zero-order valence-corrected chi connectivity index (χ0v) is 8.49. The minimum absolute atomic E-state index is 0.293. The third kappa shape index (κ3) is 1.69. The molecule has 0 aliphatic rings. The van der Waals surface area contributed by atoms with E-state index in [1.165, 1.54) is 7.11 Å². The van der Waals surface area contributed by atoms with E-state index in [4.69, 9.17) is 4.74 Å². The maximum atomic E-state index is 11.6. The van der Waals surface area contributed by atoms with Crippen molar-refractivity contribution in [2.24, 2.45) is 0 Å². The summed E-state index contributed by atoms with van der Waals surface area (Å²) in [5.41, 5.74) is 0.137. The van der Waals surface area contributed by atoms with Crippen LogP contribution in [0.3, 0.4) is 0 Å². The van der Waals surface area contributed by atoms with Crippen LogP contribution in [0.15, 0.2) is 43.0 Å². The molecule has 0 spiro atoms. The third-order valence-electron chi connectivity index (χ3n) is 2.39. The Morgan fingerprint density at radius 2 is 2.00 bits per heavy atom. The molecular formula is C12H14O2. The molecular weight excluding hydrogens is 176 g/mol. The molecule has 0 radical (unpaired) electrons. The molecule has 1 aromatic rings. The standard InChI is InChI=1S/C12H14O2/c1-4-12(2,11(13)14-3)10-8-6-5-7-9-10/h4-9H,1H2,2-3H3/t12-/m0/s1. The third-order valence-corrected chi connectivity index (χ3v) is 2.39. The van der Waals surface area contributed by atoms with Crippen LogP contribution in [-0.4, -0.2) is 13.1 Å². The fourth-order valence-corrected chi connectivity index (χ4v) is 1.32. The van der Waals surface area contributed by atoms with Gasteiger partial charge in [0.15, 0.2) is 0 Å². The predicted octanol–water partition coefficient (Wildman–Crippen LogP) is 2.30. The highest BCUT2D eigenvalue weighted by Crippen LogP contribution is 2.25. The quantitative estimate of drug-likeness (QED) is 0.540. The van der Waals surface area contributed by atoms with Crippen molar-refractivity contribution in [2.45, 2.75) is 12.3 Å². The number of carbonyl (C=O) groups is 1. The monoisotopic (exact) mass is 190 g/mol. The van der Waals surface area contributed by atoms with E-state index in [0.717, 1.165) is 5.56 Å². The Morgan fingerprint density at radius 3 is 2.43 bits per heavy atom. The second-order valence-electron chi connectivity index (χ2n) is 3.26. The van der Waals surface area contributed by atoms with Crippen molar-refractivity contribution in [3.05, 3.63) is 48.6 Å². The van der Waals surface area contributed by atoms with Crippen LogP contribution in [0, 0.1) is 0 Å². The molecule has 0 fully saturated rings. The van der Waals surface area contributed by atoms with Gasteiger partial charge in [-0.25, -0.2) is 0 Å².